The van der Waals surface area contributed by atoms with E-state index in [-0.39, 0.29) is 16.6 Å². The highest BCUT2D eigenvalue weighted by Gasteiger charge is 2.31. The molecule has 1 atom stereocenters. The number of fused-ring (bicyclic) bond motifs is 1. The first-order valence-electron chi connectivity index (χ1n) is 8.68. The molecule has 1 aliphatic heterocycles. The van der Waals surface area contributed by atoms with Crippen molar-refractivity contribution in [3.63, 3.8) is 0 Å². The lowest BCUT2D eigenvalue weighted by Crippen LogP contribution is -2.29. The van der Waals surface area contributed by atoms with E-state index in [1.165, 1.54) is 20.1 Å². The van der Waals surface area contributed by atoms with Gasteiger partial charge in [0.1, 0.15) is 17.6 Å². The second-order valence-corrected chi connectivity index (χ2v) is 7.99. The quantitative estimate of drug-likeness (QED) is 0.684. The number of nitrogens with zero attached hydrogens (tertiary/aromatic N) is 1. The largest absolute Gasteiger partial charge is 0.495 e. The van der Waals surface area contributed by atoms with Gasteiger partial charge in [0.25, 0.3) is 10.0 Å². The molecular formula is C19H20N4O5S. The van der Waals surface area contributed by atoms with Crippen LogP contribution >= 0.6 is 0 Å². The van der Waals surface area contributed by atoms with E-state index in [1.807, 2.05) is 0 Å². The third-order valence-corrected chi connectivity index (χ3v) is 5.54. The first-order valence-corrected chi connectivity index (χ1v) is 10.2. The predicted octanol–water partition coefficient (Wildman–Crippen LogP) is 1.72. The van der Waals surface area contributed by atoms with Crippen LogP contribution in [0.1, 0.15) is 19.4 Å². The van der Waals surface area contributed by atoms with Gasteiger partial charge in [0.2, 0.25) is 11.8 Å². The molecule has 0 spiro atoms. The molecule has 0 aliphatic carbocycles. The van der Waals surface area contributed by atoms with Crippen molar-refractivity contribution in [2.75, 3.05) is 17.7 Å². The summed E-state index contributed by atoms with van der Waals surface area (Å²) in [5.41, 5.74) is 1.26. The van der Waals surface area contributed by atoms with Crippen LogP contribution in [0.25, 0.3) is 0 Å². The summed E-state index contributed by atoms with van der Waals surface area (Å²) in [5.74, 6) is -0.208. The molecule has 3 N–H and O–H groups in total. The molecule has 1 heterocycles. The molecular weight excluding hydrogens is 396 g/mol. The predicted molar refractivity (Wildman–Crippen MR) is 109 cm³/mol. The summed E-state index contributed by atoms with van der Waals surface area (Å²) in [6, 6.07) is 10.3. The molecule has 0 aromatic heterocycles. The highest BCUT2D eigenvalue weighted by atomic mass is 32.2. The summed E-state index contributed by atoms with van der Waals surface area (Å²) in [6.45, 7) is 2.92. The summed E-state index contributed by atoms with van der Waals surface area (Å²) >= 11 is 0. The van der Waals surface area contributed by atoms with Gasteiger partial charge >= 0.3 is 0 Å². The van der Waals surface area contributed by atoms with Crippen LogP contribution in [0.5, 0.6) is 5.75 Å². The van der Waals surface area contributed by atoms with Crippen LogP contribution in [0.4, 0.5) is 11.4 Å². The molecule has 0 saturated heterocycles. The third kappa shape index (κ3) is 4.37. The number of sulfonamides is 1. The minimum absolute atomic E-state index is 0.113. The number of methoxy groups -OCH3 is 1. The van der Waals surface area contributed by atoms with Crippen molar-refractivity contribution in [1.29, 1.82) is 0 Å². The number of nitrogens with one attached hydrogen (secondary N) is 3. The first-order chi connectivity index (χ1) is 13.7. The topological polar surface area (TPSA) is 126 Å². The fourth-order valence-electron chi connectivity index (χ4n) is 2.81. The van der Waals surface area contributed by atoms with Crippen molar-refractivity contribution in [2.45, 2.75) is 24.8 Å². The van der Waals surface area contributed by atoms with Crippen molar-refractivity contribution in [1.82, 2.24) is 4.72 Å². The number of hydrogen-bond donors (Lipinski definition) is 3. The minimum atomic E-state index is -3.69. The lowest BCUT2D eigenvalue weighted by Gasteiger charge is -2.14. The average Bonchev–Trinajstić information content (AvgIpc) is 2.92. The smallest absolute Gasteiger partial charge is 0.263 e. The Morgan fingerprint density at radius 1 is 1.14 bits per heavy atom. The molecule has 2 aromatic rings. The van der Waals surface area contributed by atoms with E-state index in [4.69, 9.17) is 4.74 Å². The molecule has 2 aromatic carbocycles. The van der Waals surface area contributed by atoms with Gasteiger partial charge in [-0.2, -0.15) is 0 Å². The van der Waals surface area contributed by atoms with E-state index < -0.39 is 22.0 Å². The van der Waals surface area contributed by atoms with Crippen molar-refractivity contribution in [2.24, 2.45) is 4.99 Å². The molecule has 0 saturated carbocycles. The van der Waals surface area contributed by atoms with E-state index in [1.54, 1.807) is 43.3 Å². The maximum Gasteiger partial charge on any atom is 0.263 e. The van der Waals surface area contributed by atoms with Gasteiger partial charge in [0, 0.05) is 18.2 Å². The van der Waals surface area contributed by atoms with Crippen molar-refractivity contribution in [3.05, 3.63) is 48.0 Å². The molecule has 0 unspecified atom stereocenters. The number of carbonyl (C=O) groups is 2. The van der Waals surface area contributed by atoms with Gasteiger partial charge in [0.05, 0.1) is 17.7 Å². The fraction of sp³-hybridized carbons (Fsp3) is 0.211. The van der Waals surface area contributed by atoms with Gasteiger partial charge in [-0.3, -0.25) is 19.3 Å². The Hall–Kier alpha value is -3.40. The monoisotopic (exact) mass is 416 g/mol. The number of amides is 2. The van der Waals surface area contributed by atoms with Crippen LogP contribution in [-0.4, -0.2) is 39.2 Å². The molecule has 10 heteroatoms. The van der Waals surface area contributed by atoms with Gasteiger partial charge in [0.15, 0.2) is 0 Å². The molecule has 0 bridgehead atoms. The van der Waals surface area contributed by atoms with Gasteiger partial charge in [-0.1, -0.05) is 12.1 Å². The fourth-order valence-corrected chi connectivity index (χ4v) is 4.04. The Balaban J connectivity index is 1.83. The standard InChI is InChI=1S/C19H20N4O5S/c1-11(20-18-14-6-4-5-7-17(14)29(26,27)23-18)19(25)22-15-10-13(21-12(2)24)8-9-16(15)28-3/h4-11H,1-3H3,(H,20,23)(H,21,24)(H,22,25)/t11-/m1/s1. The lowest BCUT2D eigenvalue weighted by molar-refractivity contribution is -0.117. The second-order valence-electron chi connectivity index (χ2n) is 6.34. The normalized spacial score (nSPS) is 16.4. The maximum atomic E-state index is 12.6. The van der Waals surface area contributed by atoms with Gasteiger partial charge in [-0.05, 0) is 37.3 Å². The van der Waals surface area contributed by atoms with E-state index in [9.17, 15) is 18.0 Å². The Bertz CT molecular complexity index is 1110. The summed E-state index contributed by atoms with van der Waals surface area (Å²) < 4.78 is 31.9. The lowest BCUT2D eigenvalue weighted by atomic mass is 10.2. The Morgan fingerprint density at radius 2 is 1.86 bits per heavy atom. The number of rotatable bonds is 5. The summed E-state index contributed by atoms with van der Waals surface area (Å²) in [4.78, 5) is 28.2. The number of hydrogen-bond acceptors (Lipinski definition) is 6. The number of anilines is 2. The molecule has 3 rings (SSSR count). The zero-order valence-electron chi connectivity index (χ0n) is 16.0. The van der Waals surface area contributed by atoms with Crippen LogP contribution in [0.2, 0.25) is 0 Å². The van der Waals surface area contributed by atoms with Crippen molar-refractivity contribution < 1.29 is 22.7 Å². The molecule has 29 heavy (non-hydrogen) atoms. The van der Waals surface area contributed by atoms with E-state index >= 15 is 0 Å². The van der Waals surface area contributed by atoms with Gasteiger partial charge < -0.3 is 15.4 Å². The summed E-state index contributed by atoms with van der Waals surface area (Å²) in [6.07, 6.45) is 0. The minimum Gasteiger partial charge on any atom is -0.495 e. The Morgan fingerprint density at radius 3 is 2.55 bits per heavy atom. The van der Waals surface area contributed by atoms with Crippen LogP contribution in [0, 0.1) is 0 Å². The van der Waals surface area contributed by atoms with Crippen LogP contribution in [0.3, 0.4) is 0 Å². The molecule has 1 aliphatic rings. The van der Waals surface area contributed by atoms with Crippen LogP contribution < -0.4 is 20.1 Å². The SMILES string of the molecule is COc1ccc(NC(C)=O)cc1NC(=O)[C@@H](C)N=C1NS(=O)(=O)c2ccccc21. The Kier molecular flexibility index (Phi) is 5.55. The van der Waals surface area contributed by atoms with Crippen LogP contribution in [-0.2, 0) is 19.6 Å². The molecule has 0 fully saturated rings. The van der Waals surface area contributed by atoms with E-state index in [0.717, 1.165) is 0 Å². The van der Waals surface area contributed by atoms with E-state index in [2.05, 4.69) is 20.3 Å². The zero-order valence-corrected chi connectivity index (χ0v) is 16.8. The summed E-state index contributed by atoms with van der Waals surface area (Å²) in [5, 5.41) is 5.32. The highest BCUT2D eigenvalue weighted by molar-refractivity contribution is 7.90. The number of carbonyl (C=O) groups excluding carboxylic acids is 2. The number of aliphatic imine (C=N–C) groups is 1. The van der Waals surface area contributed by atoms with Crippen molar-refractivity contribution >= 4 is 39.0 Å². The number of amidine groups is 1. The van der Waals surface area contributed by atoms with E-state index in [0.29, 0.717) is 22.7 Å². The number of benzene rings is 2. The second kappa shape index (κ2) is 7.92. The van der Waals surface area contributed by atoms with Crippen molar-refractivity contribution in [3.8, 4) is 5.75 Å². The Labute approximate surface area is 168 Å². The third-order valence-electron chi connectivity index (χ3n) is 4.14. The molecule has 2 amide bonds. The molecule has 152 valence electrons. The highest BCUT2D eigenvalue weighted by Crippen LogP contribution is 2.28. The van der Waals surface area contributed by atoms with Crippen LogP contribution in [0.15, 0.2) is 52.4 Å². The number of ether oxygens (including phenoxy) is 1. The first kappa shape index (κ1) is 20.3. The summed E-state index contributed by atoms with van der Waals surface area (Å²) in [7, 11) is -2.23. The molecule has 9 nitrogen and oxygen atoms in total. The molecule has 0 radical (unpaired) electrons. The average molecular weight is 416 g/mol. The maximum absolute atomic E-state index is 12.6. The van der Waals surface area contributed by atoms with Gasteiger partial charge in [-0.25, -0.2) is 8.42 Å². The zero-order chi connectivity index (χ0) is 21.2. The van der Waals surface area contributed by atoms with Gasteiger partial charge in [-0.15, -0.1) is 0 Å².